The van der Waals surface area contributed by atoms with Crippen molar-refractivity contribution in [2.45, 2.75) is 13.0 Å². The Bertz CT molecular complexity index is 1230. The Morgan fingerprint density at radius 2 is 1.71 bits per heavy atom. The molecule has 1 N–H and O–H groups in total. The van der Waals surface area contributed by atoms with Crippen molar-refractivity contribution in [3.05, 3.63) is 54.4 Å². The molecule has 2 aromatic heterocycles. The number of rotatable bonds is 8. The third-order valence-corrected chi connectivity index (χ3v) is 5.83. The van der Waals surface area contributed by atoms with Gasteiger partial charge < -0.3 is 24.4 Å². The molecule has 4 aromatic rings. The molecular formula is C24H27N7O3. The van der Waals surface area contributed by atoms with E-state index in [1.807, 2.05) is 30.3 Å². The largest absolute Gasteiger partial charge is 0.497 e. The van der Waals surface area contributed by atoms with E-state index in [1.54, 1.807) is 18.9 Å². The van der Waals surface area contributed by atoms with Crippen LogP contribution in [0, 0.1) is 0 Å². The van der Waals surface area contributed by atoms with Gasteiger partial charge in [-0.05, 0) is 48.4 Å². The lowest BCUT2D eigenvalue weighted by atomic mass is 10.1. The summed E-state index contributed by atoms with van der Waals surface area (Å²) < 4.78 is 18.0. The van der Waals surface area contributed by atoms with E-state index in [4.69, 9.17) is 14.2 Å². The second kappa shape index (κ2) is 9.92. The molecule has 10 nitrogen and oxygen atoms in total. The number of fused-ring (bicyclic) bond motifs is 1. The van der Waals surface area contributed by atoms with Crippen LogP contribution in [-0.4, -0.2) is 65.5 Å². The van der Waals surface area contributed by atoms with Crippen LogP contribution in [-0.2, 0) is 17.7 Å². The van der Waals surface area contributed by atoms with E-state index in [1.165, 1.54) is 12.0 Å². The van der Waals surface area contributed by atoms with Crippen LogP contribution in [0.3, 0.4) is 0 Å². The maximum absolute atomic E-state index is 5.44. The molecule has 0 saturated carbocycles. The third kappa shape index (κ3) is 4.72. The zero-order valence-electron chi connectivity index (χ0n) is 19.3. The smallest absolute Gasteiger partial charge is 0.183 e. The van der Waals surface area contributed by atoms with Crippen molar-refractivity contribution in [3.8, 4) is 11.5 Å². The second-order valence-electron chi connectivity index (χ2n) is 7.95. The molecule has 2 aromatic carbocycles. The monoisotopic (exact) mass is 461 g/mol. The topological polar surface area (TPSA) is 99.5 Å². The number of aryl methyl sites for hydroxylation is 2. The predicted molar refractivity (Wildman–Crippen MR) is 129 cm³/mol. The van der Waals surface area contributed by atoms with Crippen molar-refractivity contribution in [1.82, 2.24) is 25.0 Å². The molecule has 10 heteroatoms. The van der Waals surface area contributed by atoms with Crippen molar-refractivity contribution < 1.29 is 14.2 Å². The summed E-state index contributed by atoms with van der Waals surface area (Å²) in [6.07, 6.45) is 2.25. The summed E-state index contributed by atoms with van der Waals surface area (Å²) >= 11 is 0. The lowest BCUT2D eigenvalue weighted by Crippen LogP contribution is -2.36. The van der Waals surface area contributed by atoms with E-state index in [2.05, 4.69) is 42.6 Å². The average molecular weight is 462 g/mol. The number of hydrogen-bond acceptors (Lipinski definition) is 9. The summed E-state index contributed by atoms with van der Waals surface area (Å²) in [4.78, 5) is 11.1. The van der Waals surface area contributed by atoms with Crippen molar-refractivity contribution in [2.24, 2.45) is 0 Å². The first kappa shape index (κ1) is 21.9. The van der Waals surface area contributed by atoms with E-state index < -0.39 is 0 Å². The predicted octanol–water partition coefficient (Wildman–Crippen LogP) is 3.06. The zero-order chi connectivity index (χ0) is 23.3. The molecule has 0 radical (unpaired) electrons. The molecule has 1 saturated heterocycles. The first-order valence-electron chi connectivity index (χ1n) is 11.2. The van der Waals surface area contributed by atoms with Crippen LogP contribution in [0.1, 0.15) is 5.56 Å². The number of anilines is 3. The normalized spacial score (nSPS) is 13.8. The van der Waals surface area contributed by atoms with Crippen molar-refractivity contribution >= 4 is 28.4 Å². The quantitative estimate of drug-likeness (QED) is 0.424. The summed E-state index contributed by atoms with van der Waals surface area (Å²) in [6, 6.07) is 14.1. The highest BCUT2D eigenvalue weighted by Gasteiger charge is 2.14. The molecule has 0 bridgehead atoms. The maximum Gasteiger partial charge on any atom is 0.183 e. The summed E-state index contributed by atoms with van der Waals surface area (Å²) in [6.45, 7) is 3.95. The fourth-order valence-corrected chi connectivity index (χ4v) is 3.99. The van der Waals surface area contributed by atoms with E-state index in [-0.39, 0.29) is 0 Å². The number of hydrogen-bond donors (Lipinski definition) is 1. The van der Waals surface area contributed by atoms with E-state index in [0.717, 1.165) is 55.5 Å². The molecule has 34 heavy (non-hydrogen) atoms. The van der Waals surface area contributed by atoms with Crippen LogP contribution in [0.15, 0.2) is 48.8 Å². The molecule has 0 amide bonds. The summed E-state index contributed by atoms with van der Waals surface area (Å²) in [7, 11) is 3.29. The molecule has 0 unspecified atom stereocenters. The van der Waals surface area contributed by atoms with E-state index in [9.17, 15) is 0 Å². The molecule has 0 aliphatic carbocycles. The van der Waals surface area contributed by atoms with Gasteiger partial charge in [0.2, 0.25) is 0 Å². The zero-order valence-corrected chi connectivity index (χ0v) is 19.3. The number of benzene rings is 2. The molecule has 5 rings (SSSR count). The molecule has 0 atom stereocenters. The van der Waals surface area contributed by atoms with Crippen molar-refractivity contribution in [3.63, 3.8) is 0 Å². The van der Waals surface area contributed by atoms with Crippen molar-refractivity contribution in [2.75, 3.05) is 50.7 Å². The van der Waals surface area contributed by atoms with Crippen LogP contribution in [0.4, 0.5) is 17.2 Å². The Balaban J connectivity index is 1.31. The first-order chi connectivity index (χ1) is 16.7. The van der Waals surface area contributed by atoms with Gasteiger partial charge in [-0.25, -0.2) is 14.6 Å². The highest BCUT2D eigenvalue weighted by molar-refractivity contribution is 5.84. The van der Waals surface area contributed by atoms with Gasteiger partial charge in [-0.3, -0.25) is 0 Å². The lowest BCUT2D eigenvalue weighted by Gasteiger charge is -2.28. The van der Waals surface area contributed by atoms with Crippen LogP contribution in [0.5, 0.6) is 11.5 Å². The van der Waals surface area contributed by atoms with Gasteiger partial charge in [-0.2, -0.15) is 0 Å². The Hall–Kier alpha value is -3.92. The summed E-state index contributed by atoms with van der Waals surface area (Å²) in [5, 5.41) is 12.0. The SMILES string of the molecule is COc1cc(CCn2nnc3c(Nc4ccc(N5CCOCC5)cc4)ncnc32)cc(OC)c1. The number of ether oxygens (including phenoxy) is 3. The average Bonchev–Trinajstić information content (AvgIpc) is 3.32. The fourth-order valence-electron chi connectivity index (χ4n) is 3.99. The Morgan fingerprint density at radius 3 is 2.41 bits per heavy atom. The highest BCUT2D eigenvalue weighted by Crippen LogP contribution is 2.25. The molecular weight excluding hydrogens is 434 g/mol. The summed E-state index contributed by atoms with van der Waals surface area (Å²) in [5.41, 5.74) is 4.49. The molecule has 1 aliphatic rings. The standard InChI is InChI=1S/C24H27N7O3/c1-32-20-13-17(14-21(15-20)33-2)7-8-31-24-22(28-29-31)23(25-16-26-24)27-18-3-5-19(6-4-18)30-9-11-34-12-10-30/h3-6,13-16H,7-12H2,1-2H3,(H,25,26,27). The van der Waals surface area contributed by atoms with Crippen LogP contribution in [0.2, 0.25) is 0 Å². The van der Waals surface area contributed by atoms with E-state index >= 15 is 0 Å². The Labute approximate surface area is 197 Å². The minimum Gasteiger partial charge on any atom is -0.497 e. The molecule has 1 fully saturated rings. The molecule has 3 heterocycles. The van der Waals surface area contributed by atoms with Gasteiger partial charge in [-0.1, -0.05) is 5.21 Å². The minimum absolute atomic E-state index is 0.609. The van der Waals surface area contributed by atoms with Crippen LogP contribution < -0.4 is 19.7 Å². The number of nitrogens with one attached hydrogen (secondary N) is 1. The highest BCUT2D eigenvalue weighted by atomic mass is 16.5. The Kier molecular flexibility index (Phi) is 6.39. The lowest BCUT2D eigenvalue weighted by molar-refractivity contribution is 0.122. The van der Waals surface area contributed by atoms with Gasteiger partial charge in [0.25, 0.3) is 0 Å². The first-order valence-corrected chi connectivity index (χ1v) is 11.2. The van der Waals surface area contributed by atoms with Crippen LogP contribution >= 0.6 is 0 Å². The molecule has 1 aliphatic heterocycles. The minimum atomic E-state index is 0.609. The third-order valence-electron chi connectivity index (χ3n) is 5.83. The Morgan fingerprint density at radius 1 is 0.971 bits per heavy atom. The van der Waals surface area contributed by atoms with Gasteiger partial charge in [0.1, 0.15) is 17.8 Å². The number of aromatic nitrogens is 5. The number of nitrogens with zero attached hydrogens (tertiary/aromatic N) is 6. The van der Waals surface area contributed by atoms with Crippen molar-refractivity contribution in [1.29, 1.82) is 0 Å². The van der Waals surface area contributed by atoms with Gasteiger partial charge >= 0.3 is 0 Å². The molecule has 0 spiro atoms. The fraction of sp³-hybridized carbons (Fsp3) is 0.333. The van der Waals surface area contributed by atoms with E-state index in [0.29, 0.717) is 23.5 Å². The van der Waals surface area contributed by atoms with Crippen LogP contribution in [0.25, 0.3) is 11.2 Å². The second-order valence-corrected chi connectivity index (χ2v) is 7.95. The molecule has 176 valence electrons. The maximum atomic E-state index is 5.44. The van der Waals surface area contributed by atoms with Gasteiger partial charge in [0.05, 0.1) is 27.4 Å². The number of morpholine rings is 1. The van der Waals surface area contributed by atoms with Gasteiger partial charge in [-0.15, -0.1) is 5.10 Å². The van der Waals surface area contributed by atoms with Gasteiger partial charge in [0, 0.05) is 37.1 Å². The number of methoxy groups -OCH3 is 2. The van der Waals surface area contributed by atoms with Gasteiger partial charge in [0.15, 0.2) is 17.0 Å². The summed E-state index contributed by atoms with van der Waals surface area (Å²) in [5.74, 6) is 2.14.